The molecule has 1 heterocycles. The summed E-state index contributed by atoms with van der Waals surface area (Å²) in [7, 11) is 0. The third kappa shape index (κ3) is 1.87. The molecule has 5 heteroatoms. The van der Waals surface area contributed by atoms with E-state index in [1.165, 1.54) is 21.9 Å². The van der Waals surface area contributed by atoms with Crippen molar-refractivity contribution in [3.05, 3.63) is 68.0 Å². The maximum absolute atomic E-state index is 11.7. The average molecular weight is 253 g/mol. The molecule has 0 saturated heterocycles. The number of benzene rings is 1. The van der Waals surface area contributed by atoms with E-state index in [1.54, 1.807) is 6.07 Å². The zero-order chi connectivity index (χ0) is 13.4. The van der Waals surface area contributed by atoms with Gasteiger partial charge in [-0.2, -0.15) is 5.26 Å². The minimum absolute atomic E-state index is 0.0350. The number of aromatic nitrogens is 2. The summed E-state index contributed by atoms with van der Waals surface area (Å²) in [5.41, 5.74) is 1.41. The molecule has 1 aliphatic carbocycles. The molecule has 3 rings (SSSR count). The molecule has 0 aliphatic heterocycles. The van der Waals surface area contributed by atoms with Crippen LogP contribution in [0.2, 0.25) is 0 Å². The van der Waals surface area contributed by atoms with Crippen molar-refractivity contribution in [2.24, 2.45) is 0 Å². The second-order valence-electron chi connectivity index (χ2n) is 4.67. The molecule has 94 valence electrons. The minimum atomic E-state index is -0.627. The molecule has 2 aromatic rings. The topological polar surface area (TPSA) is 78.7 Å². The number of rotatable bonds is 2. The number of hydrogen-bond donors (Lipinski definition) is 1. The Hall–Kier alpha value is -2.61. The van der Waals surface area contributed by atoms with Gasteiger partial charge in [0, 0.05) is 18.7 Å². The Kier molecular flexibility index (Phi) is 2.57. The number of nitrogens with zero attached hydrogens (tertiary/aromatic N) is 2. The first-order chi connectivity index (χ1) is 9.19. The fourth-order valence-corrected chi connectivity index (χ4v) is 2.49. The summed E-state index contributed by atoms with van der Waals surface area (Å²) in [5, 5.41) is 8.81. The molecule has 0 saturated carbocycles. The number of hydrogen-bond acceptors (Lipinski definition) is 3. The summed E-state index contributed by atoms with van der Waals surface area (Å²) in [6, 6.07) is 9.88. The Balaban J connectivity index is 1.93. The van der Waals surface area contributed by atoms with Gasteiger partial charge in [-0.15, -0.1) is 0 Å². The number of nitrogens with one attached hydrogen (secondary N) is 1. The van der Waals surface area contributed by atoms with Gasteiger partial charge >= 0.3 is 5.69 Å². The van der Waals surface area contributed by atoms with Crippen LogP contribution in [0.3, 0.4) is 0 Å². The van der Waals surface area contributed by atoms with Crippen LogP contribution in [0.1, 0.15) is 22.6 Å². The van der Waals surface area contributed by atoms with Crippen molar-refractivity contribution >= 4 is 0 Å². The summed E-state index contributed by atoms with van der Waals surface area (Å²) in [5.74, 6) is 0.270. The van der Waals surface area contributed by atoms with Crippen molar-refractivity contribution in [3.8, 4) is 6.07 Å². The zero-order valence-electron chi connectivity index (χ0n) is 10.1. The van der Waals surface area contributed by atoms with Crippen molar-refractivity contribution in [1.82, 2.24) is 9.55 Å². The van der Waals surface area contributed by atoms with E-state index in [1.807, 2.05) is 18.2 Å². The third-order valence-electron chi connectivity index (χ3n) is 3.51. The van der Waals surface area contributed by atoms with E-state index >= 15 is 0 Å². The Morgan fingerprint density at radius 2 is 2.16 bits per heavy atom. The molecule has 1 unspecified atom stereocenters. The molecule has 1 aromatic heterocycles. The van der Waals surface area contributed by atoms with Crippen molar-refractivity contribution in [2.75, 3.05) is 0 Å². The Morgan fingerprint density at radius 1 is 1.37 bits per heavy atom. The second-order valence-corrected chi connectivity index (χ2v) is 4.67. The summed E-state index contributed by atoms with van der Waals surface area (Å²) in [6.07, 6.45) is 2.26. The number of nitriles is 1. The van der Waals surface area contributed by atoms with Gasteiger partial charge in [-0.25, -0.2) is 4.79 Å². The molecule has 0 spiro atoms. The van der Waals surface area contributed by atoms with E-state index in [2.05, 4.69) is 11.1 Å². The minimum Gasteiger partial charge on any atom is -0.299 e. The lowest BCUT2D eigenvalue weighted by Crippen LogP contribution is -2.34. The lowest BCUT2D eigenvalue weighted by Gasteiger charge is -2.30. The SMILES string of the molecule is N#Cc1cn(CC2Cc3ccccc32)c(=O)[nH]c1=O. The normalized spacial score (nSPS) is 16.3. The fraction of sp³-hybridized carbons (Fsp3) is 0.214. The van der Waals surface area contributed by atoms with E-state index in [9.17, 15) is 9.59 Å². The lowest BCUT2D eigenvalue weighted by atomic mass is 9.77. The molecule has 5 nitrogen and oxygen atoms in total. The smallest absolute Gasteiger partial charge is 0.299 e. The maximum atomic E-state index is 11.7. The van der Waals surface area contributed by atoms with Gasteiger partial charge in [0.15, 0.2) is 0 Å². The van der Waals surface area contributed by atoms with Crippen LogP contribution in [0.4, 0.5) is 0 Å². The van der Waals surface area contributed by atoms with Gasteiger partial charge in [-0.3, -0.25) is 14.3 Å². The van der Waals surface area contributed by atoms with Crippen LogP contribution >= 0.6 is 0 Å². The number of aromatic amines is 1. The van der Waals surface area contributed by atoms with Crippen LogP contribution in [0, 0.1) is 11.3 Å². The molecular formula is C14H11N3O2. The first-order valence-corrected chi connectivity index (χ1v) is 6.00. The molecule has 1 aliphatic rings. The van der Waals surface area contributed by atoms with E-state index in [0.29, 0.717) is 6.54 Å². The van der Waals surface area contributed by atoms with Crippen molar-refractivity contribution < 1.29 is 0 Å². The summed E-state index contributed by atoms with van der Waals surface area (Å²) in [6.45, 7) is 0.487. The third-order valence-corrected chi connectivity index (χ3v) is 3.51. The van der Waals surface area contributed by atoms with Crippen LogP contribution in [0.25, 0.3) is 0 Å². The fourth-order valence-electron chi connectivity index (χ4n) is 2.49. The molecule has 1 aromatic carbocycles. The van der Waals surface area contributed by atoms with Gasteiger partial charge in [0.25, 0.3) is 5.56 Å². The number of fused-ring (bicyclic) bond motifs is 1. The highest BCUT2D eigenvalue weighted by atomic mass is 16.2. The molecule has 0 fully saturated rings. The van der Waals surface area contributed by atoms with Crippen molar-refractivity contribution in [2.45, 2.75) is 18.9 Å². The van der Waals surface area contributed by atoms with E-state index in [0.717, 1.165) is 6.42 Å². The lowest BCUT2D eigenvalue weighted by molar-refractivity contribution is 0.491. The summed E-state index contributed by atoms with van der Waals surface area (Å²) in [4.78, 5) is 25.2. The Labute approximate surface area is 108 Å². The zero-order valence-corrected chi connectivity index (χ0v) is 10.1. The predicted molar refractivity (Wildman–Crippen MR) is 68.9 cm³/mol. The molecule has 1 N–H and O–H groups in total. The highest BCUT2D eigenvalue weighted by molar-refractivity contribution is 5.39. The van der Waals surface area contributed by atoms with E-state index < -0.39 is 11.2 Å². The highest BCUT2D eigenvalue weighted by Crippen LogP contribution is 2.35. The van der Waals surface area contributed by atoms with Gasteiger partial charge in [-0.05, 0) is 17.5 Å². The standard InChI is InChI=1S/C14H11N3O2/c15-6-11-8-17(14(19)16-13(11)18)7-10-5-9-3-1-2-4-12(9)10/h1-4,8,10H,5,7H2,(H,16,18,19). The van der Waals surface area contributed by atoms with Gasteiger partial charge in [-0.1, -0.05) is 24.3 Å². The predicted octanol–water partition coefficient (Wildman–Crippen LogP) is 0.748. The van der Waals surface area contributed by atoms with Gasteiger partial charge in [0.05, 0.1) is 0 Å². The van der Waals surface area contributed by atoms with E-state index in [4.69, 9.17) is 5.26 Å². The van der Waals surface area contributed by atoms with Crippen molar-refractivity contribution in [1.29, 1.82) is 5.26 Å². The van der Waals surface area contributed by atoms with Crippen LogP contribution in [-0.4, -0.2) is 9.55 Å². The summed E-state index contributed by atoms with van der Waals surface area (Å²) >= 11 is 0. The highest BCUT2D eigenvalue weighted by Gasteiger charge is 2.26. The van der Waals surface area contributed by atoms with Crippen LogP contribution in [0.5, 0.6) is 0 Å². The van der Waals surface area contributed by atoms with Gasteiger partial charge in [0.1, 0.15) is 11.6 Å². The van der Waals surface area contributed by atoms with Crippen LogP contribution in [-0.2, 0) is 13.0 Å². The monoisotopic (exact) mass is 253 g/mol. The molecule has 19 heavy (non-hydrogen) atoms. The molecule has 0 radical (unpaired) electrons. The first kappa shape index (κ1) is 11.5. The Bertz CT molecular complexity index is 795. The first-order valence-electron chi connectivity index (χ1n) is 6.00. The molecular weight excluding hydrogens is 242 g/mol. The van der Waals surface area contributed by atoms with Crippen LogP contribution < -0.4 is 11.2 Å². The average Bonchev–Trinajstić information content (AvgIpc) is 2.38. The second kappa shape index (κ2) is 4.25. The number of H-pyrrole nitrogens is 1. The molecule has 1 atom stereocenters. The molecule has 0 amide bonds. The summed E-state index contributed by atoms with van der Waals surface area (Å²) < 4.78 is 1.40. The Morgan fingerprint density at radius 3 is 2.89 bits per heavy atom. The van der Waals surface area contributed by atoms with Gasteiger partial charge in [0.2, 0.25) is 0 Å². The van der Waals surface area contributed by atoms with Crippen LogP contribution in [0.15, 0.2) is 40.1 Å². The quantitative estimate of drug-likeness (QED) is 0.857. The van der Waals surface area contributed by atoms with Crippen molar-refractivity contribution in [3.63, 3.8) is 0 Å². The van der Waals surface area contributed by atoms with Gasteiger partial charge < -0.3 is 0 Å². The largest absolute Gasteiger partial charge is 0.328 e. The van der Waals surface area contributed by atoms with E-state index in [-0.39, 0.29) is 11.5 Å². The molecule has 0 bridgehead atoms. The maximum Gasteiger partial charge on any atom is 0.328 e.